The maximum absolute atomic E-state index is 12.4. The van der Waals surface area contributed by atoms with E-state index in [1.807, 2.05) is 30.3 Å². The topological polar surface area (TPSA) is 81.5 Å². The Morgan fingerprint density at radius 3 is 2.41 bits per heavy atom. The second-order valence-corrected chi connectivity index (χ2v) is 5.87. The molecule has 3 aromatic rings. The Morgan fingerprint density at radius 2 is 1.70 bits per heavy atom. The van der Waals surface area contributed by atoms with Crippen molar-refractivity contribution in [1.29, 1.82) is 0 Å². The number of nitrogens with zero attached hydrogens (tertiary/aromatic N) is 1. The minimum Gasteiger partial charge on any atom is -0.493 e. The highest BCUT2D eigenvalue weighted by atomic mass is 16.6. The van der Waals surface area contributed by atoms with Crippen LogP contribution in [0.5, 0.6) is 5.75 Å². The molecule has 1 amide bonds. The lowest BCUT2D eigenvalue weighted by molar-refractivity contribution is -0.384. The number of hydrogen-bond donors (Lipinski definition) is 1. The van der Waals surface area contributed by atoms with Crippen LogP contribution in [0.25, 0.3) is 0 Å². The van der Waals surface area contributed by atoms with Crippen molar-refractivity contribution >= 4 is 17.3 Å². The zero-order valence-corrected chi connectivity index (χ0v) is 14.5. The maximum Gasteiger partial charge on any atom is 0.269 e. The molecule has 0 saturated carbocycles. The fraction of sp³-hybridized carbons (Fsp3) is 0.0952. The predicted molar refractivity (Wildman–Crippen MR) is 103 cm³/mol. The zero-order valence-electron chi connectivity index (χ0n) is 14.5. The molecule has 0 saturated heterocycles. The molecule has 0 aliphatic heterocycles. The van der Waals surface area contributed by atoms with E-state index < -0.39 is 4.92 Å². The molecular weight excluding hydrogens is 344 g/mol. The van der Waals surface area contributed by atoms with E-state index in [9.17, 15) is 14.9 Å². The average molecular weight is 362 g/mol. The number of carbonyl (C=O) groups is 1. The Morgan fingerprint density at radius 1 is 0.963 bits per heavy atom. The van der Waals surface area contributed by atoms with E-state index in [1.165, 1.54) is 29.8 Å². The molecule has 0 heterocycles. The van der Waals surface area contributed by atoms with Crippen molar-refractivity contribution in [2.75, 3.05) is 11.9 Å². The molecule has 0 aromatic heterocycles. The SMILES string of the molecule is O=C(Nc1ccc([N+](=O)[O-])cc1)c1cccc(OCCc2ccccc2)c1. The van der Waals surface area contributed by atoms with Crippen LogP contribution in [0.4, 0.5) is 11.4 Å². The van der Waals surface area contributed by atoms with E-state index in [0.717, 1.165) is 6.42 Å². The van der Waals surface area contributed by atoms with Crippen molar-refractivity contribution in [3.05, 3.63) is 100 Å². The van der Waals surface area contributed by atoms with Gasteiger partial charge in [-0.05, 0) is 35.9 Å². The van der Waals surface area contributed by atoms with Gasteiger partial charge in [-0.3, -0.25) is 14.9 Å². The average Bonchev–Trinajstić information content (AvgIpc) is 2.69. The molecule has 0 unspecified atom stereocenters. The van der Waals surface area contributed by atoms with Crippen LogP contribution in [0.15, 0.2) is 78.9 Å². The first-order valence-electron chi connectivity index (χ1n) is 8.44. The van der Waals surface area contributed by atoms with Crippen molar-refractivity contribution in [3.63, 3.8) is 0 Å². The van der Waals surface area contributed by atoms with Gasteiger partial charge in [-0.1, -0.05) is 36.4 Å². The molecule has 27 heavy (non-hydrogen) atoms. The smallest absolute Gasteiger partial charge is 0.269 e. The van der Waals surface area contributed by atoms with Gasteiger partial charge in [-0.15, -0.1) is 0 Å². The molecule has 3 rings (SSSR count). The second kappa shape index (κ2) is 8.62. The highest BCUT2D eigenvalue weighted by Gasteiger charge is 2.09. The van der Waals surface area contributed by atoms with E-state index in [1.54, 1.807) is 24.3 Å². The van der Waals surface area contributed by atoms with Crippen LogP contribution in [0.3, 0.4) is 0 Å². The van der Waals surface area contributed by atoms with Crippen LogP contribution >= 0.6 is 0 Å². The Kier molecular flexibility index (Phi) is 5.79. The largest absolute Gasteiger partial charge is 0.493 e. The number of nitrogens with one attached hydrogen (secondary N) is 1. The van der Waals surface area contributed by atoms with Gasteiger partial charge < -0.3 is 10.1 Å². The Bertz CT molecular complexity index is 924. The van der Waals surface area contributed by atoms with Crippen molar-refractivity contribution < 1.29 is 14.5 Å². The number of hydrogen-bond acceptors (Lipinski definition) is 4. The first-order chi connectivity index (χ1) is 13.1. The van der Waals surface area contributed by atoms with Gasteiger partial charge in [0.15, 0.2) is 0 Å². The summed E-state index contributed by atoms with van der Waals surface area (Å²) in [5, 5.41) is 13.4. The number of rotatable bonds is 7. The number of benzene rings is 3. The lowest BCUT2D eigenvalue weighted by Crippen LogP contribution is -2.12. The van der Waals surface area contributed by atoms with Gasteiger partial charge in [-0.25, -0.2) is 0 Å². The molecule has 1 N–H and O–H groups in total. The lowest BCUT2D eigenvalue weighted by atomic mass is 10.1. The fourth-order valence-electron chi connectivity index (χ4n) is 2.53. The Hall–Kier alpha value is -3.67. The van der Waals surface area contributed by atoms with E-state index in [4.69, 9.17) is 4.74 Å². The molecule has 0 spiro atoms. The summed E-state index contributed by atoms with van der Waals surface area (Å²) >= 11 is 0. The second-order valence-electron chi connectivity index (χ2n) is 5.87. The minimum absolute atomic E-state index is 0.0261. The molecule has 0 aliphatic carbocycles. The molecule has 3 aromatic carbocycles. The van der Waals surface area contributed by atoms with Crippen molar-refractivity contribution in [3.8, 4) is 5.75 Å². The van der Waals surface area contributed by atoms with Crippen molar-refractivity contribution in [2.24, 2.45) is 0 Å². The summed E-state index contributed by atoms with van der Waals surface area (Å²) in [5.41, 5.74) is 2.10. The summed E-state index contributed by atoms with van der Waals surface area (Å²) in [6.45, 7) is 0.511. The lowest BCUT2D eigenvalue weighted by Gasteiger charge is -2.09. The van der Waals surface area contributed by atoms with E-state index >= 15 is 0 Å². The van der Waals surface area contributed by atoms with Gasteiger partial charge in [0.2, 0.25) is 0 Å². The predicted octanol–water partition coefficient (Wildman–Crippen LogP) is 4.47. The Balaban J connectivity index is 1.58. The van der Waals surface area contributed by atoms with Crippen molar-refractivity contribution in [1.82, 2.24) is 0 Å². The number of ether oxygens (including phenoxy) is 1. The number of anilines is 1. The third kappa shape index (κ3) is 5.15. The highest BCUT2D eigenvalue weighted by Crippen LogP contribution is 2.18. The number of non-ortho nitro benzene ring substituents is 1. The van der Waals surface area contributed by atoms with Crippen LogP contribution < -0.4 is 10.1 Å². The molecule has 0 bridgehead atoms. The number of amides is 1. The third-order valence-corrected chi connectivity index (χ3v) is 3.93. The quantitative estimate of drug-likeness (QED) is 0.497. The first-order valence-corrected chi connectivity index (χ1v) is 8.44. The van der Waals surface area contributed by atoms with E-state index in [0.29, 0.717) is 23.6 Å². The van der Waals surface area contributed by atoms with Crippen LogP contribution in [0.1, 0.15) is 15.9 Å². The molecule has 136 valence electrons. The van der Waals surface area contributed by atoms with Gasteiger partial charge in [0.1, 0.15) is 5.75 Å². The van der Waals surface area contributed by atoms with E-state index in [-0.39, 0.29) is 11.6 Å². The zero-order chi connectivity index (χ0) is 19.1. The summed E-state index contributed by atoms with van der Waals surface area (Å²) < 4.78 is 5.74. The summed E-state index contributed by atoms with van der Waals surface area (Å²) in [4.78, 5) is 22.6. The molecule has 6 heteroatoms. The molecular formula is C21H18N2O4. The third-order valence-electron chi connectivity index (χ3n) is 3.93. The number of carbonyl (C=O) groups excluding carboxylic acids is 1. The number of nitro benzene ring substituents is 1. The first kappa shape index (κ1) is 18.1. The van der Waals surface area contributed by atoms with Gasteiger partial charge in [-0.2, -0.15) is 0 Å². The minimum atomic E-state index is -0.484. The standard InChI is InChI=1S/C21H18N2O4/c24-21(22-18-9-11-19(12-10-18)23(25)26)17-7-4-8-20(15-17)27-14-13-16-5-2-1-3-6-16/h1-12,15H,13-14H2,(H,22,24). The van der Waals surface area contributed by atoms with Gasteiger partial charge in [0, 0.05) is 29.8 Å². The Labute approximate surface area is 156 Å². The summed E-state index contributed by atoms with van der Waals surface area (Å²) in [6.07, 6.45) is 0.778. The molecule has 0 radical (unpaired) electrons. The summed E-state index contributed by atoms with van der Waals surface area (Å²) in [5.74, 6) is 0.305. The monoisotopic (exact) mass is 362 g/mol. The normalized spacial score (nSPS) is 10.2. The van der Waals surface area contributed by atoms with E-state index in [2.05, 4.69) is 5.32 Å². The van der Waals surface area contributed by atoms with Gasteiger partial charge in [0.05, 0.1) is 11.5 Å². The molecule has 0 atom stereocenters. The molecule has 6 nitrogen and oxygen atoms in total. The highest BCUT2D eigenvalue weighted by molar-refractivity contribution is 6.04. The van der Waals surface area contributed by atoms with Crippen molar-refractivity contribution in [2.45, 2.75) is 6.42 Å². The van der Waals surface area contributed by atoms with Crippen LogP contribution in [-0.2, 0) is 6.42 Å². The summed E-state index contributed by atoms with van der Waals surface area (Å²) in [6, 6.07) is 22.6. The number of nitro groups is 1. The maximum atomic E-state index is 12.4. The van der Waals surface area contributed by atoms with Gasteiger partial charge >= 0.3 is 0 Å². The molecule has 0 aliphatic rings. The fourth-order valence-corrected chi connectivity index (χ4v) is 2.53. The summed E-state index contributed by atoms with van der Waals surface area (Å²) in [7, 11) is 0. The van der Waals surface area contributed by atoms with Crippen LogP contribution in [0.2, 0.25) is 0 Å². The van der Waals surface area contributed by atoms with Crippen LogP contribution in [-0.4, -0.2) is 17.4 Å². The van der Waals surface area contributed by atoms with Gasteiger partial charge in [0.25, 0.3) is 11.6 Å². The molecule has 0 fully saturated rings. The van der Waals surface area contributed by atoms with Crippen LogP contribution in [0, 0.1) is 10.1 Å².